The van der Waals surface area contributed by atoms with Crippen molar-refractivity contribution in [3.05, 3.63) is 70.6 Å². The summed E-state index contributed by atoms with van der Waals surface area (Å²) < 4.78 is 5.59. The minimum Gasteiger partial charge on any atom is -0.421 e. The number of benzene rings is 2. The average molecular weight is 356 g/mol. The van der Waals surface area contributed by atoms with E-state index in [-0.39, 0.29) is 12.3 Å². The van der Waals surface area contributed by atoms with Crippen LogP contribution in [-0.4, -0.2) is 16.1 Å². The minimum absolute atomic E-state index is 0.0573. The first-order valence-electron chi connectivity index (χ1n) is 8.01. The van der Waals surface area contributed by atoms with Crippen molar-refractivity contribution in [3.63, 3.8) is 0 Å². The third kappa shape index (κ3) is 4.67. The molecule has 1 amide bonds. The van der Waals surface area contributed by atoms with Gasteiger partial charge in [0, 0.05) is 19.4 Å². The maximum atomic E-state index is 12.0. The summed E-state index contributed by atoms with van der Waals surface area (Å²) in [5, 5.41) is 11.4. The number of amides is 1. The fraction of sp³-hybridized carbons (Fsp3) is 0.211. The highest BCUT2D eigenvalue weighted by molar-refractivity contribution is 6.33. The minimum atomic E-state index is -0.0573. The van der Waals surface area contributed by atoms with E-state index in [0.29, 0.717) is 35.3 Å². The first kappa shape index (κ1) is 17.2. The molecule has 2 aromatic carbocycles. The zero-order valence-electron chi connectivity index (χ0n) is 13.8. The Hall–Kier alpha value is -2.66. The highest BCUT2D eigenvalue weighted by atomic mass is 35.5. The molecule has 1 heterocycles. The zero-order chi connectivity index (χ0) is 17.6. The van der Waals surface area contributed by atoms with Gasteiger partial charge < -0.3 is 9.73 Å². The molecule has 0 spiro atoms. The van der Waals surface area contributed by atoms with Crippen LogP contribution in [0.1, 0.15) is 23.4 Å². The summed E-state index contributed by atoms with van der Waals surface area (Å²) >= 11 is 6.11. The third-order valence-corrected chi connectivity index (χ3v) is 4.08. The van der Waals surface area contributed by atoms with Crippen LogP contribution in [0.25, 0.3) is 11.5 Å². The van der Waals surface area contributed by atoms with Crippen LogP contribution in [-0.2, 0) is 17.8 Å². The maximum absolute atomic E-state index is 12.0. The number of carbonyl (C=O) groups excluding carboxylic acids is 1. The molecule has 1 N–H and O–H groups in total. The lowest BCUT2D eigenvalue weighted by atomic mass is 10.1. The number of aromatic nitrogens is 2. The monoisotopic (exact) mass is 355 g/mol. The lowest BCUT2D eigenvalue weighted by Crippen LogP contribution is -2.23. The highest BCUT2D eigenvalue weighted by Crippen LogP contribution is 2.26. The van der Waals surface area contributed by atoms with Gasteiger partial charge in [0.2, 0.25) is 17.7 Å². The second-order valence-corrected chi connectivity index (χ2v) is 6.15. The molecule has 0 unspecified atom stereocenters. The normalized spacial score (nSPS) is 10.6. The molecule has 0 aliphatic rings. The van der Waals surface area contributed by atoms with Gasteiger partial charge in [0.25, 0.3) is 0 Å². The Morgan fingerprint density at radius 2 is 1.88 bits per heavy atom. The van der Waals surface area contributed by atoms with E-state index in [1.54, 1.807) is 6.07 Å². The molecule has 128 valence electrons. The van der Waals surface area contributed by atoms with E-state index in [0.717, 1.165) is 5.56 Å². The summed E-state index contributed by atoms with van der Waals surface area (Å²) in [6.45, 7) is 2.54. The van der Waals surface area contributed by atoms with Crippen molar-refractivity contribution in [1.82, 2.24) is 15.5 Å². The van der Waals surface area contributed by atoms with Crippen LogP contribution in [0.2, 0.25) is 5.02 Å². The van der Waals surface area contributed by atoms with Crippen LogP contribution < -0.4 is 5.32 Å². The second-order valence-electron chi connectivity index (χ2n) is 5.74. The first-order chi connectivity index (χ1) is 12.1. The second kappa shape index (κ2) is 7.94. The fourth-order valence-corrected chi connectivity index (χ4v) is 2.53. The highest BCUT2D eigenvalue weighted by Gasteiger charge is 2.12. The Bertz CT molecular complexity index is 859. The molecule has 1 aromatic heterocycles. The average Bonchev–Trinajstić information content (AvgIpc) is 3.08. The van der Waals surface area contributed by atoms with Gasteiger partial charge in [-0.3, -0.25) is 4.79 Å². The van der Waals surface area contributed by atoms with E-state index in [1.165, 1.54) is 5.56 Å². The summed E-state index contributed by atoms with van der Waals surface area (Å²) in [7, 11) is 0. The molecule has 0 fully saturated rings. The molecule has 3 aromatic rings. The summed E-state index contributed by atoms with van der Waals surface area (Å²) in [6, 6.07) is 15.3. The van der Waals surface area contributed by atoms with E-state index in [2.05, 4.69) is 15.5 Å². The van der Waals surface area contributed by atoms with Crippen LogP contribution in [0.4, 0.5) is 0 Å². The van der Waals surface area contributed by atoms with Crippen molar-refractivity contribution in [3.8, 4) is 11.5 Å². The zero-order valence-corrected chi connectivity index (χ0v) is 14.6. The Morgan fingerprint density at radius 3 is 2.64 bits per heavy atom. The predicted molar refractivity (Wildman–Crippen MR) is 96.1 cm³/mol. The lowest BCUT2D eigenvalue weighted by Gasteiger charge is -2.04. The number of rotatable bonds is 6. The molecule has 6 heteroatoms. The Balaban J connectivity index is 1.51. The summed E-state index contributed by atoms with van der Waals surface area (Å²) in [6.07, 6.45) is 0.674. The number of hydrogen-bond acceptors (Lipinski definition) is 4. The maximum Gasteiger partial charge on any atom is 0.249 e. The van der Waals surface area contributed by atoms with Crippen molar-refractivity contribution in [2.24, 2.45) is 0 Å². The topological polar surface area (TPSA) is 68.0 Å². The predicted octanol–water partition coefficient (Wildman–Crippen LogP) is 3.95. The molecule has 0 aliphatic carbocycles. The van der Waals surface area contributed by atoms with Gasteiger partial charge in [-0.1, -0.05) is 53.6 Å². The van der Waals surface area contributed by atoms with Gasteiger partial charge in [0.1, 0.15) is 0 Å². The lowest BCUT2D eigenvalue weighted by molar-refractivity contribution is -0.121. The van der Waals surface area contributed by atoms with Gasteiger partial charge in [-0.25, -0.2) is 0 Å². The van der Waals surface area contributed by atoms with Crippen molar-refractivity contribution in [2.45, 2.75) is 26.3 Å². The molecule has 3 rings (SSSR count). The van der Waals surface area contributed by atoms with Gasteiger partial charge in [0.15, 0.2) is 0 Å². The van der Waals surface area contributed by atoms with Crippen LogP contribution in [0.15, 0.2) is 52.9 Å². The van der Waals surface area contributed by atoms with Crippen LogP contribution in [0.5, 0.6) is 0 Å². The number of aryl methyl sites for hydroxylation is 2. The first-order valence-corrected chi connectivity index (χ1v) is 8.39. The summed E-state index contributed by atoms with van der Waals surface area (Å²) in [5.74, 6) is 0.721. The SMILES string of the molecule is Cc1ccc(CNC(=O)CCc2nnc(-c3ccccc3Cl)o2)cc1. The number of hydrogen-bond donors (Lipinski definition) is 1. The van der Waals surface area contributed by atoms with Gasteiger partial charge >= 0.3 is 0 Å². The molecule has 25 heavy (non-hydrogen) atoms. The number of carbonyl (C=O) groups is 1. The van der Waals surface area contributed by atoms with E-state index < -0.39 is 0 Å². The van der Waals surface area contributed by atoms with Gasteiger partial charge in [-0.15, -0.1) is 10.2 Å². The standard InChI is InChI=1S/C19H18ClN3O2/c1-13-6-8-14(9-7-13)12-21-17(24)10-11-18-22-23-19(25-18)15-4-2-3-5-16(15)20/h2-9H,10-12H2,1H3,(H,21,24). The molecule has 0 aliphatic heterocycles. The smallest absolute Gasteiger partial charge is 0.249 e. The quantitative estimate of drug-likeness (QED) is 0.727. The fourth-order valence-electron chi connectivity index (χ4n) is 2.31. The van der Waals surface area contributed by atoms with Crippen molar-refractivity contribution in [1.29, 1.82) is 0 Å². The molecular weight excluding hydrogens is 338 g/mol. The Kier molecular flexibility index (Phi) is 5.46. The van der Waals surface area contributed by atoms with Gasteiger partial charge in [-0.05, 0) is 24.6 Å². The largest absolute Gasteiger partial charge is 0.421 e. The van der Waals surface area contributed by atoms with Crippen LogP contribution in [0.3, 0.4) is 0 Å². The Morgan fingerprint density at radius 1 is 1.12 bits per heavy atom. The van der Waals surface area contributed by atoms with Crippen LogP contribution in [0, 0.1) is 6.92 Å². The van der Waals surface area contributed by atoms with Gasteiger partial charge in [-0.2, -0.15) is 0 Å². The van der Waals surface area contributed by atoms with Gasteiger partial charge in [0.05, 0.1) is 10.6 Å². The molecule has 0 saturated carbocycles. The number of nitrogens with one attached hydrogen (secondary N) is 1. The molecule has 0 atom stereocenters. The summed E-state index contributed by atoms with van der Waals surface area (Å²) in [5.41, 5.74) is 2.95. The van der Waals surface area contributed by atoms with E-state index >= 15 is 0 Å². The molecule has 5 nitrogen and oxygen atoms in total. The van der Waals surface area contributed by atoms with E-state index in [1.807, 2.05) is 49.4 Å². The van der Waals surface area contributed by atoms with E-state index in [4.69, 9.17) is 16.0 Å². The van der Waals surface area contributed by atoms with Crippen molar-refractivity contribution < 1.29 is 9.21 Å². The molecule has 0 bridgehead atoms. The summed E-state index contributed by atoms with van der Waals surface area (Å²) in [4.78, 5) is 12.0. The van der Waals surface area contributed by atoms with E-state index in [9.17, 15) is 4.79 Å². The molecule has 0 radical (unpaired) electrons. The molecular formula is C19H18ClN3O2. The van der Waals surface area contributed by atoms with Crippen LogP contribution >= 0.6 is 11.6 Å². The molecule has 0 saturated heterocycles. The van der Waals surface area contributed by atoms with Crippen molar-refractivity contribution >= 4 is 17.5 Å². The number of nitrogens with zero attached hydrogens (tertiary/aromatic N) is 2. The Labute approximate surface area is 151 Å². The third-order valence-electron chi connectivity index (χ3n) is 3.75. The number of halogens is 1. The van der Waals surface area contributed by atoms with Crippen molar-refractivity contribution in [2.75, 3.05) is 0 Å².